The number of hydrogen-bond donors (Lipinski definition) is 1. The van der Waals surface area contributed by atoms with Crippen molar-refractivity contribution >= 4 is 44.4 Å². The molecular weight excluding hydrogens is 358 g/mol. The van der Waals surface area contributed by atoms with Gasteiger partial charge >= 0.3 is 0 Å². The van der Waals surface area contributed by atoms with Crippen LogP contribution in [0.4, 0.5) is 0 Å². The van der Waals surface area contributed by atoms with Crippen LogP contribution in [0.25, 0.3) is 11.0 Å². The van der Waals surface area contributed by atoms with Crippen molar-refractivity contribution < 1.29 is 8.42 Å². The fourth-order valence-corrected chi connectivity index (χ4v) is 4.12. The zero-order valence-corrected chi connectivity index (χ0v) is 14.6. The van der Waals surface area contributed by atoms with E-state index < -0.39 is 10.0 Å². The Labute approximate surface area is 142 Å². The molecule has 1 N–H and O–H groups in total. The Morgan fingerprint density at radius 1 is 1.35 bits per heavy atom. The molecule has 0 atom stereocenters. The Hall–Kier alpha value is -1.55. The van der Waals surface area contributed by atoms with Gasteiger partial charge in [-0.05, 0) is 25.5 Å². The lowest BCUT2D eigenvalue weighted by molar-refractivity contribution is 0.551. The minimum absolute atomic E-state index is 0.154. The van der Waals surface area contributed by atoms with Crippen LogP contribution in [0.3, 0.4) is 0 Å². The smallest absolute Gasteiger partial charge is 0.242 e. The van der Waals surface area contributed by atoms with E-state index in [0.29, 0.717) is 35.6 Å². The maximum absolute atomic E-state index is 12.4. The molecule has 0 spiro atoms. The Balaban J connectivity index is 1.64. The minimum atomic E-state index is -3.62. The monoisotopic (exact) mass is 371 g/mol. The highest BCUT2D eigenvalue weighted by molar-refractivity contribution is 7.89. The van der Waals surface area contributed by atoms with Crippen LogP contribution in [-0.2, 0) is 16.6 Å². The molecule has 0 bridgehead atoms. The van der Waals surface area contributed by atoms with Crippen LogP contribution in [0.1, 0.15) is 12.1 Å². The molecule has 0 amide bonds. The molecule has 122 valence electrons. The second kappa shape index (κ2) is 6.52. The van der Waals surface area contributed by atoms with E-state index in [-0.39, 0.29) is 4.90 Å². The molecule has 0 aliphatic carbocycles. The van der Waals surface area contributed by atoms with Gasteiger partial charge in [0.05, 0.1) is 22.4 Å². The number of halogens is 1. The predicted molar refractivity (Wildman–Crippen MR) is 89.2 cm³/mol. The maximum atomic E-state index is 12.4. The molecule has 0 radical (unpaired) electrons. The predicted octanol–water partition coefficient (Wildman–Crippen LogP) is 2.22. The number of hydrogen-bond acceptors (Lipinski definition) is 6. The Morgan fingerprint density at radius 2 is 2.17 bits per heavy atom. The summed E-state index contributed by atoms with van der Waals surface area (Å²) in [5.74, 6) is 0. The third-order valence-corrected chi connectivity index (χ3v) is 5.69. The summed E-state index contributed by atoms with van der Waals surface area (Å²) in [7, 11) is -3.62. The van der Waals surface area contributed by atoms with E-state index >= 15 is 0 Å². The van der Waals surface area contributed by atoms with E-state index in [1.165, 1.54) is 6.07 Å². The van der Waals surface area contributed by atoms with E-state index in [4.69, 9.17) is 11.6 Å². The third-order valence-electron chi connectivity index (χ3n) is 3.28. The average molecular weight is 372 g/mol. The van der Waals surface area contributed by atoms with E-state index in [9.17, 15) is 8.42 Å². The van der Waals surface area contributed by atoms with Crippen molar-refractivity contribution in [2.24, 2.45) is 0 Å². The van der Waals surface area contributed by atoms with E-state index in [1.54, 1.807) is 23.0 Å². The van der Waals surface area contributed by atoms with Gasteiger partial charge in [-0.1, -0.05) is 17.7 Å². The molecule has 2 aromatic heterocycles. The Kier molecular flexibility index (Phi) is 4.62. The van der Waals surface area contributed by atoms with Crippen LogP contribution in [0.15, 0.2) is 29.3 Å². The largest absolute Gasteiger partial charge is 0.271 e. The topological polar surface area (TPSA) is 89.8 Å². The van der Waals surface area contributed by atoms with Crippen LogP contribution in [0.2, 0.25) is 5.02 Å². The van der Waals surface area contributed by atoms with Crippen LogP contribution in [-0.4, -0.2) is 33.5 Å². The lowest BCUT2D eigenvalue weighted by atomic mass is 10.3. The molecule has 0 fully saturated rings. The fourth-order valence-electron chi connectivity index (χ4n) is 2.13. The van der Waals surface area contributed by atoms with Gasteiger partial charge in [-0.15, -0.1) is 0 Å². The summed E-state index contributed by atoms with van der Waals surface area (Å²) in [6.45, 7) is 2.70. The molecule has 7 nitrogen and oxygen atoms in total. The molecule has 0 saturated heterocycles. The van der Waals surface area contributed by atoms with Gasteiger partial charge in [-0.2, -0.15) is 13.8 Å². The second-order valence-corrected chi connectivity index (χ2v) is 7.64. The van der Waals surface area contributed by atoms with Gasteiger partial charge < -0.3 is 0 Å². The first-order valence-corrected chi connectivity index (χ1v) is 9.47. The molecule has 0 saturated carbocycles. The fraction of sp³-hybridized carbons (Fsp3) is 0.308. The van der Waals surface area contributed by atoms with Crippen LogP contribution >= 0.6 is 23.3 Å². The van der Waals surface area contributed by atoms with Gasteiger partial charge in [0.1, 0.15) is 15.9 Å². The number of benzene rings is 1. The highest BCUT2D eigenvalue weighted by Gasteiger charge is 2.18. The molecule has 2 heterocycles. The van der Waals surface area contributed by atoms with Crippen molar-refractivity contribution in [2.75, 3.05) is 6.54 Å². The average Bonchev–Trinajstić information content (AvgIpc) is 3.10. The van der Waals surface area contributed by atoms with Gasteiger partial charge in [0.2, 0.25) is 10.0 Å². The summed E-state index contributed by atoms with van der Waals surface area (Å²) in [5.41, 5.74) is 1.74. The van der Waals surface area contributed by atoms with E-state index in [2.05, 4.69) is 18.6 Å². The highest BCUT2D eigenvalue weighted by Crippen LogP contribution is 2.20. The third kappa shape index (κ3) is 3.52. The molecule has 23 heavy (non-hydrogen) atoms. The lowest BCUT2D eigenvalue weighted by Crippen LogP contribution is -2.25. The molecule has 0 aliphatic rings. The summed E-state index contributed by atoms with van der Waals surface area (Å²) < 4.78 is 37.2. The summed E-state index contributed by atoms with van der Waals surface area (Å²) in [6, 6.07) is 4.93. The first-order chi connectivity index (χ1) is 11.0. The summed E-state index contributed by atoms with van der Waals surface area (Å²) >= 11 is 6.93. The molecule has 0 aliphatic heterocycles. The van der Waals surface area contributed by atoms with E-state index in [0.717, 1.165) is 17.4 Å². The number of nitrogens with one attached hydrogen (secondary N) is 1. The summed E-state index contributed by atoms with van der Waals surface area (Å²) in [6.07, 6.45) is 2.33. The number of rotatable bonds is 6. The van der Waals surface area contributed by atoms with Crippen LogP contribution in [0, 0.1) is 6.92 Å². The SMILES string of the molecule is Cc1nn(CCCNS(=O)(=O)c2cccc3nsnc23)cc1Cl. The molecule has 1 aromatic carbocycles. The first kappa shape index (κ1) is 16.3. The number of fused-ring (bicyclic) bond motifs is 1. The quantitative estimate of drug-likeness (QED) is 0.671. The molecular formula is C13H14ClN5O2S2. The van der Waals surface area contributed by atoms with E-state index in [1.807, 2.05) is 6.92 Å². The summed E-state index contributed by atoms with van der Waals surface area (Å²) in [4.78, 5) is 0.154. The summed E-state index contributed by atoms with van der Waals surface area (Å²) in [5, 5.41) is 4.83. The Morgan fingerprint density at radius 3 is 2.91 bits per heavy atom. The molecule has 3 rings (SSSR count). The number of aromatic nitrogens is 4. The van der Waals surface area contributed by atoms with Crippen LogP contribution in [0.5, 0.6) is 0 Å². The standard InChI is InChI=1S/C13H14ClN5O2S2/c1-9-10(14)8-19(16-9)7-3-6-15-23(20,21)12-5-2-4-11-13(12)18-22-17-11/h2,4-5,8,15H,3,6-7H2,1H3. The Bertz CT molecular complexity index is 915. The van der Waals surface area contributed by atoms with Gasteiger partial charge in [-0.3, -0.25) is 4.68 Å². The zero-order valence-electron chi connectivity index (χ0n) is 12.2. The number of aryl methyl sites for hydroxylation is 2. The van der Waals surface area contributed by atoms with Crippen molar-refractivity contribution in [1.82, 2.24) is 23.2 Å². The zero-order chi connectivity index (χ0) is 16.4. The minimum Gasteiger partial charge on any atom is -0.271 e. The van der Waals surface area contributed by atoms with Crippen LogP contribution < -0.4 is 4.72 Å². The molecule has 0 unspecified atom stereocenters. The van der Waals surface area contributed by atoms with Gasteiger partial charge in [0.15, 0.2) is 0 Å². The molecule has 3 aromatic rings. The highest BCUT2D eigenvalue weighted by atomic mass is 35.5. The van der Waals surface area contributed by atoms with Crippen molar-refractivity contribution in [2.45, 2.75) is 24.8 Å². The first-order valence-electron chi connectivity index (χ1n) is 6.88. The molecule has 10 heteroatoms. The number of nitrogens with zero attached hydrogens (tertiary/aromatic N) is 4. The second-order valence-electron chi connectivity index (χ2n) is 4.96. The van der Waals surface area contributed by atoms with Crippen molar-refractivity contribution in [3.05, 3.63) is 35.1 Å². The van der Waals surface area contributed by atoms with Gasteiger partial charge in [0.25, 0.3) is 0 Å². The van der Waals surface area contributed by atoms with Crippen molar-refractivity contribution in [3.63, 3.8) is 0 Å². The maximum Gasteiger partial charge on any atom is 0.242 e. The lowest BCUT2D eigenvalue weighted by Gasteiger charge is -2.07. The van der Waals surface area contributed by atoms with Gasteiger partial charge in [-0.25, -0.2) is 13.1 Å². The number of sulfonamides is 1. The normalized spacial score (nSPS) is 12.1. The van der Waals surface area contributed by atoms with Crippen molar-refractivity contribution in [3.8, 4) is 0 Å². The van der Waals surface area contributed by atoms with Crippen molar-refractivity contribution in [1.29, 1.82) is 0 Å². The van der Waals surface area contributed by atoms with Gasteiger partial charge in [0, 0.05) is 19.3 Å².